The second-order valence-corrected chi connectivity index (χ2v) is 5.87. The Hall–Kier alpha value is -1.62. The Morgan fingerprint density at radius 3 is 2.48 bits per heavy atom. The van der Waals surface area contributed by atoms with Gasteiger partial charge in [-0.25, -0.2) is 14.4 Å². The van der Waals surface area contributed by atoms with Crippen LogP contribution >= 0.6 is 11.8 Å². The molecule has 0 saturated carbocycles. The molecule has 0 atom stereocenters. The summed E-state index contributed by atoms with van der Waals surface area (Å²) in [5.41, 5.74) is 1.81. The van der Waals surface area contributed by atoms with Gasteiger partial charge in [0.05, 0.1) is 6.61 Å². The van der Waals surface area contributed by atoms with Crippen molar-refractivity contribution in [2.75, 3.05) is 6.61 Å². The second kappa shape index (κ2) is 7.41. The monoisotopic (exact) mass is 306 g/mol. The molecule has 0 aliphatic rings. The van der Waals surface area contributed by atoms with Gasteiger partial charge in [0.25, 0.3) is 0 Å². The van der Waals surface area contributed by atoms with Gasteiger partial charge in [-0.3, -0.25) is 0 Å². The molecule has 21 heavy (non-hydrogen) atoms. The fourth-order valence-electron chi connectivity index (χ4n) is 1.83. The van der Waals surface area contributed by atoms with Gasteiger partial charge in [-0.2, -0.15) is 0 Å². The molecule has 0 aliphatic heterocycles. The van der Waals surface area contributed by atoms with Crippen molar-refractivity contribution in [3.05, 3.63) is 41.5 Å². The van der Waals surface area contributed by atoms with E-state index in [-0.39, 0.29) is 5.82 Å². The van der Waals surface area contributed by atoms with Gasteiger partial charge >= 0.3 is 0 Å². The molecule has 0 spiro atoms. The summed E-state index contributed by atoms with van der Waals surface area (Å²) in [6.07, 6.45) is 1.95. The van der Waals surface area contributed by atoms with E-state index in [1.807, 2.05) is 26.0 Å². The molecule has 0 bridgehead atoms. The second-order valence-electron chi connectivity index (χ2n) is 4.83. The minimum absolute atomic E-state index is 0.300. The van der Waals surface area contributed by atoms with Gasteiger partial charge < -0.3 is 4.74 Å². The molecule has 0 amide bonds. The molecule has 0 saturated heterocycles. The molecule has 1 heterocycles. The highest BCUT2D eigenvalue weighted by Gasteiger charge is 2.08. The molecule has 112 valence electrons. The first kappa shape index (κ1) is 15.8. The van der Waals surface area contributed by atoms with E-state index in [0.717, 1.165) is 29.1 Å². The molecular weight excluding hydrogens is 287 g/mol. The fourth-order valence-corrected chi connectivity index (χ4v) is 2.72. The van der Waals surface area contributed by atoms with E-state index in [9.17, 15) is 4.39 Å². The van der Waals surface area contributed by atoms with Gasteiger partial charge in [0.1, 0.15) is 0 Å². The maximum Gasteiger partial charge on any atom is 0.192 e. The summed E-state index contributed by atoms with van der Waals surface area (Å²) in [6, 6.07) is 6.87. The van der Waals surface area contributed by atoms with Crippen LogP contribution in [-0.2, 0) is 0 Å². The lowest BCUT2D eigenvalue weighted by atomic mass is 10.3. The maximum atomic E-state index is 14.0. The third-order valence-corrected chi connectivity index (χ3v) is 3.68. The number of halogens is 1. The average molecular weight is 306 g/mol. The van der Waals surface area contributed by atoms with Crippen molar-refractivity contribution in [3.8, 4) is 5.75 Å². The first-order valence-corrected chi connectivity index (χ1v) is 7.82. The zero-order chi connectivity index (χ0) is 15.2. The molecule has 0 radical (unpaired) electrons. The summed E-state index contributed by atoms with van der Waals surface area (Å²) < 4.78 is 19.4. The van der Waals surface area contributed by atoms with Crippen molar-refractivity contribution in [1.82, 2.24) is 9.97 Å². The van der Waals surface area contributed by atoms with Crippen molar-refractivity contribution >= 4 is 11.8 Å². The van der Waals surface area contributed by atoms with Crippen molar-refractivity contribution < 1.29 is 9.13 Å². The van der Waals surface area contributed by atoms with E-state index in [1.54, 1.807) is 6.07 Å². The van der Waals surface area contributed by atoms with Crippen LogP contribution in [0.15, 0.2) is 34.3 Å². The van der Waals surface area contributed by atoms with E-state index in [4.69, 9.17) is 4.74 Å². The summed E-state index contributed by atoms with van der Waals surface area (Å²) in [4.78, 5) is 9.44. The summed E-state index contributed by atoms with van der Waals surface area (Å²) in [5, 5.41) is 0.631. The van der Waals surface area contributed by atoms with Gasteiger partial charge in [-0.1, -0.05) is 13.3 Å². The number of rotatable bonds is 6. The Kier molecular flexibility index (Phi) is 5.56. The number of hydrogen-bond donors (Lipinski definition) is 0. The lowest BCUT2D eigenvalue weighted by molar-refractivity contribution is 0.294. The Bertz CT molecular complexity index is 599. The highest BCUT2D eigenvalue weighted by molar-refractivity contribution is 7.99. The zero-order valence-corrected chi connectivity index (χ0v) is 13.3. The van der Waals surface area contributed by atoms with Gasteiger partial charge in [-0.15, -0.1) is 0 Å². The molecule has 0 fully saturated rings. The highest BCUT2D eigenvalue weighted by atomic mass is 32.2. The van der Waals surface area contributed by atoms with Crippen LogP contribution in [0.3, 0.4) is 0 Å². The van der Waals surface area contributed by atoms with Crippen LogP contribution in [0.1, 0.15) is 31.2 Å². The molecule has 0 N–H and O–H groups in total. The summed E-state index contributed by atoms with van der Waals surface area (Å²) in [7, 11) is 0. The van der Waals surface area contributed by atoms with Crippen molar-refractivity contribution in [1.29, 1.82) is 0 Å². The van der Waals surface area contributed by atoms with Crippen molar-refractivity contribution in [2.45, 2.75) is 43.7 Å². The average Bonchev–Trinajstić information content (AvgIpc) is 2.40. The first-order valence-electron chi connectivity index (χ1n) is 7.01. The van der Waals surface area contributed by atoms with Gasteiger partial charge in [-0.05, 0) is 56.3 Å². The topological polar surface area (TPSA) is 35.0 Å². The predicted octanol–water partition coefficient (Wildman–Crippen LogP) is 4.56. The zero-order valence-electron chi connectivity index (χ0n) is 12.5. The van der Waals surface area contributed by atoms with E-state index < -0.39 is 0 Å². The Labute approximate surface area is 129 Å². The quantitative estimate of drug-likeness (QED) is 0.579. The molecule has 0 aliphatic carbocycles. The van der Waals surface area contributed by atoms with Crippen LogP contribution in [-0.4, -0.2) is 16.6 Å². The predicted molar refractivity (Wildman–Crippen MR) is 82.4 cm³/mol. The van der Waals surface area contributed by atoms with Crippen LogP contribution in [0.2, 0.25) is 0 Å². The Morgan fingerprint density at radius 1 is 1.14 bits per heavy atom. The van der Waals surface area contributed by atoms with Gasteiger partial charge in [0, 0.05) is 16.3 Å². The SMILES string of the molecule is CCCCOc1ccc(Sc2nc(C)cc(C)n2)cc1F. The number of ether oxygens (including phenoxy) is 1. The highest BCUT2D eigenvalue weighted by Crippen LogP contribution is 2.29. The van der Waals surface area contributed by atoms with E-state index in [1.165, 1.54) is 17.8 Å². The maximum absolute atomic E-state index is 14.0. The van der Waals surface area contributed by atoms with Crippen molar-refractivity contribution in [3.63, 3.8) is 0 Å². The summed E-state index contributed by atoms with van der Waals surface area (Å²) in [5.74, 6) is -0.0466. The van der Waals surface area contributed by atoms with Crippen LogP contribution in [0.25, 0.3) is 0 Å². The standard InChI is InChI=1S/C16H19FN2OS/c1-4-5-8-20-15-7-6-13(10-14(15)17)21-16-18-11(2)9-12(3)19-16/h6-7,9-10H,4-5,8H2,1-3H3. The normalized spacial score (nSPS) is 10.7. The lowest BCUT2D eigenvalue weighted by Gasteiger charge is -2.08. The fraction of sp³-hybridized carbons (Fsp3) is 0.375. The molecule has 2 rings (SSSR count). The summed E-state index contributed by atoms with van der Waals surface area (Å²) >= 11 is 1.35. The van der Waals surface area contributed by atoms with E-state index in [2.05, 4.69) is 16.9 Å². The van der Waals surface area contributed by atoms with E-state index >= 15 is 0 Å². The molecular formula is C16H19FN2OS. The number of hydrogen-bond acceptors (Lipinski definition) is 4. The Morgan fingerprint density at radius 2 is 1.86 bits per heavy atom. The number of aromatic nitrogens is 2. The Balaban J connectivity index is 2.09. The molecule has 3 nitrogen and oxygen atoms in total. The smallest absolute Gasteiger partial charge is 0.192 e. The molecule has 2 aromatic rings. The van der Waals surface area contributed by atoms with Crippen LogP contribution < -0.4 is 4.74 Å². The number of unbranched alkanes of at least 4 members (excludes halogenated alkanes) is 1. The first-order chi connectivity index (χ1) is 10.1. The van der Waals surface area contributed by atoms with Crippen LogP contribution in [0.4, 0.5) is 4.39 Å². The lowest BCUT2D eigenvalue weighted by Crippen LogP contribution is -1.98. The number of aryl methyl sites for hydroxylation is 2. The molecule has 0 unspecified atom stereocenters. The third-order valence-electron chi connectivity index (χ3n) is 2.83. The minimum atomic E-state index is -0.347. The third kappa shape index (κ3) is 4.70. The molecule has 1 aromatic heterocycles. The van der Waals surface area contributed by atoms with Crippen LogP contribution in [0.5, 0.6) is 5.75 Å². The summed E-state index contributed by atoms with van der Waals surface area (Å²) in [6.45, 7) is 6.46. The minimum Gasteiger partial charge on any atom is -0.491 e. The van der Waals surface area contributed by atoms with Crippen LogP contribution in [0, 0.1) is 19.7 Å². The largest absolute Gasteiger partial charge is 0.491 e. The molecule has 5 heteroatoms. The molecule has 1 aromatic carbocycles. The van der Waals surface area contributed by atoms with Gasteiger partial charge in [0.15, 0.2) is 16.7 Å². The number of nitrogens with zero attached hydrogens (tertiary/aromatic N) is 2. The van der Waals surface area contributed by atoms with Gasteiger partial charge in [0.2, 0.25) is 0 Å². The van der Waals surface area contributed by atoms with Crippen molar-refractivity contribution in [2.24, 2.45) is 0 Å². The number of benzene rings is 1. The van der Waals surface area contributed by atoms with E-state index in [0.29, 0.717) is 17.5 Å².